The number of rotatable bonds is 6. The van der Waals surface area contributed by atoms with Crippen molar-refractivity contribution in [1.29, 1.82) is 0 Å². The molecule has 1 heterocycles. The first-order valence-electron chi connectivity index (χ1n) is 6.32. The summed E-state index contributed by atoms with van der Waals surface area (Å²) >= 11 is 0. The Labute approximate surface area is 108 Å². The zero-order valence-electron chi connectivity index (χ0n) is 10.7. The van der Waals surface area contributed by atoms with Gasteiger partial charge in [-0.2, -0.15) is 0 Å². The number of hydrogen-bond acceptors (Lipinski definition) is 2. The summed E-state index contributed by atoms with van der Waals surface area (Å²) in [6.07, 6.45) is 2.85. The summed E-state index contributed by atoms with van der Waals surface area (Å²) < 4.78 is 5.75. The first-order chi connectivity index (χ1) is 8.79. The molecule has 18 heavy (non-hydrogen) atoms. The second-order valence-corrected chi connectivity index (χ2v) is 4.51. The van der Waals surface area contributed by atoms with E-state index in [4.69, 9.17) is 10.5 Å². The van der Waals surface area contributed by atoms with Gasteiger partial charge in [-0.15, -0.1) is 0 Å². The van der Waals surface area contributed by atoms with Gasteiger partial charge in [0.25, 0.3) is 0 Å². The van der Waals surface area contributed by atoms with E-state index in [1.54, 1.807) is 0 Å². The summed E-state index contributed by atoms with van der Waals surface area (Å²) in [6, 6.07) is 12.2. The Bertz CT molecular complexity index is 465. The van der Waals surface area contributed by atoms with Crippen LogP contribution in [-0.2, 0) is 0 Å². The minimum Gasteiger partial charge on any atom is -0.494 e. The van der Waals surface area contributed by atoms with Gasteiger partial charge in [0.15, 0.2) is 0 Å². The second-order valence-electron chi connectivity index (χ2n) is 4.51. The number of aryl methyl sites for hydroxylation is 1. The molecule has 0 aliphatic rings. The summed E-state index contributed by atoms with van der Waals surface area (Å²) in [6.45, 7) is 3.39. The van der Waals surface area contributed by atoms with Crippen LogP contribution in [0.2, 0.25) is 0 Å². The van der Waals surface area contributed by atoms with E-state index in [9.17, 15) is 0 Å². The van der Waals surface area contributed by atoms with Crippen molar-refractivity contribution < 1.29 is 4.74 Å². The van der Waals surface area contributed by atoms with Crippen molar-refractivity contribution in [1.82, 2.24) is 4.98 Å². The van der Waals surface area contributed by atoms with Crippen LogP contribution >= 0.6 is 0 Å². The fraction of sp³-hybridized carbons (Fsp3) is 0.333. The van der Waals surface area contributed by atoms with Crippen molar-refractivity contribution in [3.8, 4) is 5.75 Å². The molecule has 0 bridgehead atoms. The molecule has 3 heteroatoms. The molecule has 1 unspecified atom stereocenters. The zero-order chi connectivity index (χ0) is 12.8. The Balaban J connectivity index is 1.84. The van der Waals surface area contributed by atoms with Crippen molar-refractivity contribution in [2.45, 2.75) is 19.3 Å². The molecule has 2 rings (SSSR count). The molecule has 3 N–H and O–H groups in total. The van der Waals surface area contributed by atoms with Gasteiger partial charge >= 0.3 is 0 Å². The normalized spacial score (nSPS) is 12.3. The van der Waals surface area contributed by atoms with Crippen molar-refractivity contribution in [2.24, 2.45) is 5.73 Å². The minimum atomic E-state index is 0.338. The maximum absolute atomic E-state index is 5.79. The van der Waals surface area contributed by atoms with E-state index >= 15 is 0 Å². The van der Waals surface area contributed by atoms with Gasteiger partial charge in [0.05, 0.1) is 6.61 Å². The Kier molecular flexibility index (Phi) is 4.42. The molecule has 3 nitrogen and oxygen atoms in total. The van der Waals surface area contributed by atoms with Crippen molar-refractivity contribution in [3.05, 3.63) is 53.9 Å². The summed E-state index contributed by atoms with van der Waals surface area (Å²) in [5.41, 5.74) is 8.19. The molecular weight excluding hydrogens is 224 g/mol. The lowest BCUT2D eigenvalue weighted by atomic mass is 10.0. The third kappa shape index (κ3) is 3.37. The fourth-order valence-corrected chi connectivity index (χ4v) is 2.02. The van der Waals surface area contributed by atoms with Crippen LogP contribution in [0.25, 0.3) is 0 Å². The summed E-state index contributed by atoms with van der Waals surface area (Å²) in [4.78, 5) is 3.21. The monoisotopic (exact) mass is 244 g/mol. The van der Waals surface area contributed by atoms with Crippen LogP contribution < -0.4 is 10.5 Å². The van der Waals surface area contributed by atoms with Crippen molar-refractivity contribution >= 4 is 0 Å². The molecule has 1 aromatic heterocycles. The first-order valence-corrected chi connectivity index (χ1v) is 6.32. The van der Waals surface area contributed by atoms with Gasteiger partial charge in [-0.1, -0.05) is 12.1 Å². The molecule has 0 saturated carbocycles. The highest BCUT2D eigenvalue weighted by Crippen LogP contribution is 2.18. The fourth-order valence-electron chi connectivity index (χ4n) is 2.02. The van der Waals surface area contributed by atoms with Gasteiger partial charge in [-0.3, -0.25) is 0 Å². The van der Waals surface area contributed by atoms with E-state index < -0.39 is 0 Å². The quantitative estimate of drug-likeness (QED) is 0.821. The van der Waals surface area contributed by atoms with E-state index in [0.717, 1.165) is 12.2 Å². The first kappa shape index (κ1) is 12.7. The lowest BCUT2D eigenvalue weighted by molar-refractivity contribution is 0.297. The van der Waals surface area contributed by atoms with Gasteiger partial charge in [0.1, 0.15) is 5.75 Å². The van der Waals surface area contributed by atoms with Gasteiger partial charge in [-0.05, 0) is 43.2 Å². The van der Waals surface area contributed by atoms with Crippen LogP contribution in [0.15, 0.2) is 42.6 Å². The highest BCUT2D eigenvalue weighted by Gasteiger charge is 2.10. The number of nitrogens with two attached hydrogens (primary N) is 1. The van der Waals surface area contributed by atoms with Crippen LogP contribution in [0.5, 0.6) is 5.75 Å². The van der Waals surface area contributed by atoms with Gasteiger partial charge < -0.3 is 15.5 Å². The van der Waals surface area contributed by atoms with Gasteiger partial charge in [-0.25, -0.2) is 0 Å². The molecule has 0 amide bonds. The SMILES string of the molecule is Cc1cccc(OCCC(CN)c2ccc[nH]2)c1. The second kappa shape index (κ2) is 6.26. The molecule has 96 valence electrons. The molecule has 1 atom stereocenters. The van der Waals surface area contributed by atoms with Crippen molar-refractivity contribution in [3.63, 3.8) is 0 Å². The average molecular weight is 244 g/mol. The highest BCUT2D eigenvalue weighted by molar-refractivity contribution is 5.27. The maximum Gasteiger partial charge on any atom is 0.119 e. The van der Waals surface area contributed by atoms with Crippen LogP contribution in [0, 0.1) is 6.92 Å². The Morgan fingerprint density at radius 1 is 1.28 bits per heavy atom. The molecule has 0 aliphatic carbocycles. The van der Waals surface area contributed by atoms with E-state index in [-0.39, 0.29) is 0 Å². The molecule has 0 saturated heterocycles. The molecule has 2 aromatic rings. The highest BCUT2D eigenvalue weighted by atomic mass is 16.5. The van der Waals surface area contributed by atoms with Crippen LogP contribution in [0.1, 0.15) is 23.6 Å². The van der Waals surface area contributed by atoms with Crippen LogP contribution in [-0.4, -0.2) is 18.1 Å². The average Bonchev–Trinajstić information content (AvgIpc) is 2.88. The minimum absolute atomic E-state index is 0.338. The molecule has 1 aromatic carbocycles. The maximum atomic E-state index is 5.79. The molecule has 0 aliphatic heterocycles. The van der Waals surface area contributed by atoms with E-state index in [1.807, 2.05) is 30.5 Å². The standard InChI is InChI=1S/C15H20N2O/c1-12-4-2-5-14(10-12)18-9-7-13(11-16)15-6-3-8-17-15/h2-6,8,10,13,17H,7,9,11,16H2,1H3. The predicted octanol–water partition coefficient (Wildman–Crippen LogP) is 2.83. The largest absolute Gasteiger partial charge is 0.494 e. The summed E-state index contributed by atoms with van der Waals surface area (Å²) in [5.74, 6) is 1.27. The third-order valence-electron chi connectivity index (χ3n) is 3.07. The number of ether oxygens (including phenoxy) is 1. The lowest BCUT2D eigenvalue weighted by Crippen LogP contribution is -2.15. The third-order valence-corrected chi connectivity index (χ3v) is 3.07. The number of hydrogen-bond donors (Lipinski definition) is 2. The predicted molar refractivity (Wildman–Crippen MR) is 73.9 cm³/mol. The Morgan fingerprint density at radius 2 is 2.17 bits per heavy atom. The molecule has 0 spiro atoms. The van der Waals surface area contributed by atoms with E-state index in [1.165, 1.54) is 11.3 Å². The number of H-pyrrole nitrogens is 1. The molecular formula is C15H20N2O. The number of aromatic amines is 1. The van der Waals surface area contributed by atoms with Crippen LogP contribution in [0.3, 0.4) is 0 Å². The molecule has 0 fully saturated rings. The van der Waals surface area contributed by atoms with E-state index in [0.29, 0.717) is 19.1 Å². The topological polar surface area (TPSA) is 51.0 Å². The lowest BCUT2D eigenvalue weighted by Gasteiger charge is -2.14. The zero-order valence-corrected chi connectivity index (χ0v) is 10.7. The molecule has 0 radical (unpaired) electrons. The number of benzene rings is 1. The smallest absolute Gasteiger partial charge is 0.119 e. The van der Waals surface area contributed by atoms with Crippen LogP contribution in [0.4, 0.5) is 0 Å². The van der Waals surface area contributed by atoms with Gasteiger partial charge in [0.2, 0.25) is 0 Å². The number of nitrogens with one attached hydrogen (secondary N) is 1. The Hall–Kier alpha value is -1.74. The van der Waals surface area contributed by atoms with Crippen molar-refractivity contribution in [2.75, 3.05) is 13.2 Å². The van der Waals surface area contributed by atoms with E-state index in [2.05, 4.69) is 24.0 Å². The summed E-state index contributed by atoms with van der Waals surface area (Å²) in [7, 11) is 0. The van der Waals surface area contributed by atoms with Gasteiger partial charge in [0, 0.05) is 24.4 Å². The Morgan fingerprint density at radius 3 is 2.83 bits per heavy atom. The number of aromatic nitrogens is 1. The summed E-state index contributed by atoms with van der Waals surface area (Å²) in [5, 5.41) is 0.